The van der Waals surface area contributed by atoms with Crippen molar-refractivity contribution in [1.29, 1.82) is 0 Å². The SMILES string of the molecule is COC(=O)Nc1ccc2c(c1)NC(=O)CCCCC(C(=O)OC(C)(C)C)c1ccnc-2c1. The summed E-state index contributed by atoms with van der Waals surface area (Å²) in [4.78, 5) is 41.5. The van der Waals surface area contributed by atoms with Gasteiger partial charge in [0.05, 0.1) is 24.4 Å². The van der Waals surface area contributed by atoms with Gasteiger partial charge in [0.15, 0.2) is 0 Å². The molecule has 170 valence electrons. The van der Waals surface area contributed by atoms with Gasteiger partial charge in [-0.15, -0.1) is 0 Å². The minimum atomic E-state index is -0.607. The average Bonchev–Trinajstić information content (AvgIpc) is 2.72. The highest BCUT2D eigenvalue weighted by Gasteiger charge is 2.27. The van der Waals surface area contributed by atoms with Gasteiger partial charge in [-0.1, -0.05) is 6.42 Å². The smallest absolute Gasteiger partial charge is 0.411 e. The number of amides is 2. The van der Waals surface area contributed by atoms with E-state index >= 15 is 0 Å². The standard InChI is InChI=1S/C24H29N3O5/c1-24(2,3)32-22(29)17-7-5-6-8-21(28)27-20-14-16(26-23(30)31-4)9-10-18(20)19-13-15(17)11-12-25-19/h9-14,17H,5-8H2,1-4H3,(H,26,30)(H,27,28). The van der Waals surface area contributed by atoms with Gasteiger partial charge in [-0.25, -0.2) is 4.79 Å². The van der Waals surface area contributed by atoms with E-state index in [-0.39, 0.29) is 11.9 Å². The van der Waals surface area contributed by atoms with Gasteiger partial charge < -0.3 is 14.8 Å². The third-order valence-electron chi connectivity index (χ3n) is 5.03. The van der Waals surface area contributed by atoms with Crippen molar-refractivity contribution in [3.63, 3.8) is 0 Å². The number of pyridine rings is 1. The number of rotatable bonds is 2. The van der Waals surface area contributed by atoms with Crippen molar-refractivity contribution >= 4 is 29.3 Å². The first-order chi connectivity index (χ1) is 15.2. The molecule has 2 amide bonds. The lowest BCUT2D eigenvalue weighted by Gasteiger charge is -2.25. The number of hydrogen-bond donors (Lipinski definition) is 2. The Morgan fingerprint density at radius 1 is 1.16 bits per heavy atom. The number of nitrogens with one attached hydrogen (secondary N) is 2. The van der Waals surface area contributed by atoms with Crippen LogP contribution < -0.4 is 10.6 Å². The summed E-state index contributed by atoms with van der Waals surface area (Å²) in [6.07, 6.45) is 3.28. The topological polar surface area (TPSA) is 107 Å². The van der Waals surface area contributed by atoms with Gasteiger partial charge in [0, 0.05) is 23.9 Å². The van der Waals surface area contributed by atoms with Crippen molar-refractivity contribution in [2.75, 3.05) is 17.7 Å². The lowest BCUT2D eigenvalue weighted by Crippen LogP contribution is -2.28. The monoisotopic (exact) mass is 439 g/mol. The number of anilines is 2. The molecule has 2 N–H and O–H groups in total. The number of ether oxygens (including phenoxy) is 2. The quantitative estimate of drug-likeness (QED) is 0.647. The van der Waals surface area contributed by atoms with Crippen LogP contribution in [0.5, 0.6) is 0 Å². The minimum Gasteiger partial charge on any atom is -0.459 e. The summed E-state index contributed by atoms with van der Waals surface area (Å²) in [7, 11) is 1.28. The Kier molecular flexibility index (Phi) is 7.12. The number of methoxy groups -OCH3 is 1. The highest BCUT2D eigenvalue weighted by Crippen LogP contribution is 2.34. The molecule has 3 rings (SSSR count). The van der Waals surface area contributed by atoms with Crippen molar-refractivity contribution in [2.24, 2.45) is 0 Å². The molecule has 1 aliphatic heterocycles. The van der Waals surface area contributed by atoms with Gasteiger partial charge in [-0.2, -0.15) is 0 Å². The van der Waals surface area contributed by atoms with Crippen LogP contribution in [0.4, 0.5) is 16.2 Å². The van der Waals surface area contributed by atoms with Crippen LogP contribution in [0.3, 0.4) is 0 Å². The Balaban J connectivity index is 2.04. The molecule has 0 saturated carbocycles. The third kappa shape index (κ3) is 6.06. The fraction of sp³-hybridized carbons (Fsp3) is 0.417. The third-order valence-corrected chi connectivity index (χ3v) is 5.03. The largest absolute Gasteiger partial charge is 0.459 e. The molecule has 2 bridgehead atoms. The summed E-state index contributed by atoms with van der Waals surface area (Å²) in [5.74, 6) is -0.872. The van der Waals surface area contributed by atoms with Gasteiger partial charge in [0.1, 0.15) is 5.60 Å². The van der Waals surface area contributed by atoms with Crippen LogP contribution in [0.2, 0.25) is 0 Å². The first kappa shape index (κ1) is 23.2. The Hall–Kier alpha value is -3.42. The lowest BCUT2D eigenvalue weighted by molar-refractivity contribution is -0.157. The summed E-state index contributed by atoms with van der Waals surface area (Å²) in [6, 6.07) is 8.81. The molecule has 1 aromatic heterocycles. The predicted octanol–water partition coefficient (Wildman–Crippen LogP) is 4.86. The van der Waals surface area contributed by atoms with Crippen LogP contribution >= 0.6 is 0 Å². The van der Waals surface area contributed by atoms with E-state index in [4.69, 9.17) is 4.74 Å². The van der Waals surface area contributed by atoms with Crippen LogP contribution in [0.25, 0.3) is 11.3 Å². The maximum absolute atomic E-state index is 12.9. The summed E-state index contributed by atoms with van der Waals surface area (Å²) < 4.78 is 10.3. The van der Waals surface area contributed by atoms with Crippen LogP contribution in [0, 0.1) is 0 Å². The van der Waals surface area contributed by atoms with Crippen molar-refractivity contribution in [3.8, 4) is 11.3 Å². The second-order valence-corrected chi connectivity index (χ2v) is 8.73. The second-order valence-electron chi connectivity index (χ2n) is 8.73. The van der Waals surface area contributed by atoms with Gasteiger partial charge in [-0.05, 0) is 69.5 Å². The first-order valence-corrected chi connectivity index (χ1v) is 10.6. The van der Waals surface area contributed by atoms with Gasteiger partial charge >= 0.3 is 12.1 Å². The molecule has 0 fully saturated rings. The van der Waals surface area contributed by atoms with Crippen LogP contribution in [-0.2, 0) is 19.1 Å². The van der Waals surface area contributed by atoms with Gasteiger partial charge in [0.25, 0.3) is 0 Å². The number of carbonyl (C=O) groups is 3. The molecule has 2 aromatic rings. The fourth-order valence-corrected chi connectivity index (χ4v) is 3.57. The molecule has 0 saturated heterocycles. The average molecular weight is 440 g/mol. The van der Waals surface area contributed by atoms with E-state index in [0.717, 1.165) is 5.56 Å². The van der Waals surface area contributed by atoms with E-state index in [2.05, 4.69) is 20.4 Å². The molecule has 2 heterocycles. The van der Waals surface area contributed by atoms with E-state index in [0.29, 0.717) is 48.3 Å². The number of fused-ring (bicyclic) bond motifs is 4. The first-order valence-electron chi connectivity index (χ1n) is 10.6. The molecule has 32 heavy (non-hydrogen) atoms. The Morgan fingerprint density at radius 3 is 2.66 bits per heavy atom. The maximum atomic E-state index is 12.9. The van der Waals surface area contributed by atoms with E-state index in [9.17, 15) is 14.4 Å². The summed E-state index contributed by atoms with van der Waals surface area (Å²) in [5.41, 5.74) is 2.51. The number of aromatic nitrogens is 1. The molecule has 0 aliphatic carbocycles. The summed E-state index contributed by atoms with van der Waals surface area (Å²) >= 11 is 0. The van der Waals surface area contributed by atoms with Crippen molar-refractivity contribution in [3.05, 3.63) is 42.1 Å². The summed E-state index contributed by atoms with van der Waals surface area (Å²) in [6.45, 7) is 5.54. The zero-order chi connectivity index (χ0) is 23.3. The molecule has 8 nitrogen and oxygen atoms in total. The number of esters is 1. The highest BCUT2D eigenvalue weighted by molar-refractivity contribution is 5.97. The van der Waals surface area contributed by atoms with E-state index in [1.807, 2.05) is 32.9 Å². The number of carbonyl (C=O) groups excluding carboxylic acids is 3. The van der Waals surface area contributed by atoms with Crippen LogP contribution in [-0.4, -0.2) is 35.7 Å². The molecule has 1 unspecified atom stereocenters. The van der Waals surface area contributed by atoms with Crippen LogP contribution in [0.15, 0.2) is 36.5 Å². The molecule has 8 heteroatoms. The highest BCUT2D eigenvalue weighted by atomic mass is 16.6. The molecular weight excluding hydrogens is 410 g/mol. The molecule has 1 aliphatic rings. The van der Waals surface area contributed by atoms with Crippen LogP contribution in [0.1, 0.15) is 57.9 Å². The second kappa shape index (κ2) is 9.80. The maximum Gasteiger partial charge on any atom is 0.411 e. The molecule has 1 aromatic carbocycles. The molecular formula is C24H29N3O5. The molecule has 0 spiro atoms. The zero-order valence-corrected chi connectivity index (χ0v) is 18.9. The molecule has 0 radical (unpaired) electrons. The number of nitrogens with zero attached hydrogens (tertiary/aromatic N) is 1. The van der Waals surface area contributed by atoms with Gasteiger partial charge in [-0.3, -0.25) is 19.9 Å². The van der Waals surface area contributed by atoms with E-state index in [1.165, 1.54) is 7.11 Å². The summed E-state index contributed by atoms with van der Waals surface area (Å²) in [5, 5.41) is 5.52. The van der Waals surface area contributed by atoms with Crippen molar-refractivity contribution in [1.82, 2.24) is 4.98 Å². The Labute approximate surface area is 187 Å². The minimum absolute atomic E-state index is 0.146. The van der Waals surface area contributed by atoms with E-state index < -0.39 is 17.6 Å². The van der Waals surface area contributed by atoms with Gasteiger partial charge in [0.2, 0.25) is 5.91 Å². The van der Waals surface area contributed by atoms with Crippen molar-refractivity contribution in [2.45, 2.75) is 58.0 Å². The zero-order valence-electron chi connectivity index (χ0n) is 18.9. The van der Waals surface area contributed by atoms with E-state index in [1.54, 1.807) is 24.4 Å². The normalized spacial score (nSPS) is 16.5. The predicted molar refractivity (Wildman–Crippen MR) is 121 cm³/mol. The Bertz CT molecular complexity index is 1010. The fourth-order valence-electron chi connectivity index (χ4n) is 3.57. The molecule has 1 atom stereocenters. The lowest BCUT2D eigenvalue weighted by atomic mass is 9.91. The van der Waals surface area contributed by atoms with Crippen molar-refractivity contribution < 1.29 is 23.9 Å². The number of hydrogen-bond acceptors (Lipinski definition) is 6. The Morgan fingerprint density at radius 2 is 1.94 bits per heavy atom. The number of benzene rings is 1.